The van der Waals surface area contributed by atoms with E-state index in [2.05, 4.69) is 14.6 Å². The molecule has 0 aliphatic rings. The van der Waals surface area contributed by atoms with Gasteiger partial charge in [0.25, 0.3) is 0 Å². The van der Waals surface area contributed by atoms with Gasteiger partial charge >= 0.3 is 16.3 Å². The van der Waals surface area contributed by atoms with Gasteiger partial charge in [-0.25, -0.2) is 9.52 Å². The molecular weight excluding hydrogens is 288 g/mol. The molecule has 1 rings (SSSR count). The van der Waals surface area contributed by atoms with Gasteiger partial charge in [0.2, 0.25) is 0 Å². The van der Waals surface area contributed by atoms with Crippen LogP contribution in [-0.2, 0) is 21.4 Å². The van der Waals surface area contributed by atoms with Gasteiger partial charge in [0.05, 0.1) is 12.8 Å². The number of carbonyl (C=O) groups excluding carboxylic acids is 1. The number of benzene rings is 1. The first-order chi connectivity index (χ1) is 9.36. The van der Waals surface area contributed by atoms with Gasteiger partial charge in [-0.3, -0.25) is 4.72 Å². The molecule has 9 nitrogen and oxygen atoms in total. The fraction of sp³-hybridized carbons (Fsp3) is 0.200. The zero-order valence-corrected chi connectivity index (χ0v) is 11.3. The monoisotopic (exact) mass is 302 g/mol. The Morgan fingerprint density at radius 3 is 2.50 bits per heavy atom. The van der Waals surface area contributed by atoms with E-state index in [1.807, 2.05) is 0 Å². The summed E-state index contributed by atoms with van der Waals surface area (Å²) < 4.78 is 30.9. The van der Waals surface area contributed by atoms with Crippen molar-refractivity contribution in [1.29, 1.82) is 0 Å². The second-order valence-corrected chi connectivity index (χ2v) is 5.08. The third kappa shape index (κ3) is 5.02. The molecule has 0 aliphatic carbocycles. The van der Waals surface area contributed by atoms with Crippen molar-refractivity contribution in [2.45, 2.75) is 6.42 Å². The highest BCUT2D eigenvalue weighted by molar-refractivity contribution is 7.91. The van der Waals surface area contributed by atoms with Gasteiger partial charge in [-0.15, -0.1) is 0 Å². The van der Waals surface area contributed by atoms with Crippen LogP contribution in [0, 0.1) is 0 Å². The maximum Gasteiger partial charge on any atom is 0.422 e. The number of amides is 1. The van der Waals surface area contributed by atoms with Crippen molar-refractivity contribution < 1.29 is 23.2 Å². The molecule has 0 fully saturated rings. The zero-order chi connectivity index (χ0) is 15.2. The van der Waals surface area contributed by atoms with Crippen LogP contribution in [0.3, 0.4) is 0 Å². The van der Waals surface area contributed by atoms with Crippen LogP contribution in [-0.4, -0.2) is 32.7 Å². The predicted octanol–water partition coefficient (Wildman–Crippen LogP) is -0.0118. The van der Waals surface area contributed by atoms with Gasteiger partial charge in [0, 0.05) is 6.42 Å². The van der Waals surface area contributed by atoms with E-state index in [0.717, 1.165) is 12.7 Å². The van der Waals surface area contributed by atoms with Crippen molar-refractivity contribution in [3.63, 3.8) is 0 Å². The molecule has 1 aromatic carbocycles. The van der Waals surface area contributed by atoms with Crippen LogP contribution in [0.4, 0.5) is 10.5 Å². The molecule has 20 heavy (non-hydrogen) atoms. The molecule has 0 saturated carbocycles. The Balaban J connectivity index is 2.72. The third-order valence-corrected chi connectivity index (χ3v) is 3.06. The highest BCUT2D eigenvalue weighted by Crippen LogP contribution is 2.11. The number of amidine groups is 1. The molecule has 0 unspecified atom stereocenters. The van der Waals surface area contributed by atoms with Gasteiger partial charge in [-0.2, -0.15) is 8.42 Å². The Hall–Kier alpha value is -2.49. The minimum absolute atomic E-state index is 0.0330. The summed E-state index contributed by atoms with van der Waals surface area (Å²) >= 11 is 0. The normalized spacial score (nSPS) is 11.8. The molecule has 0 spiro atoms. The lowest BCUT2D eigenvalue weighted by Crippen LogP contribution is -2.35. The highest BCUT2D eigenvalue weighted by Gasteiger charge is 2.14. The van der Waals surface area contributed by atoms with Gasteiger partial charge < -0.3 is 15.7 Å². The summed E-state index contributed by atoms with van der Waals surface area (Å²) in [6, 6.07) is 6.12. The van der Waals surface area contributed by atoms with Crippen LogP contribution in [0.15, 0.2) is 29.4 Å². The molecule has 1 amide bonds. The molecule has 0 bridgehead atoms. The van der Waals surface area contributed by atoms with Crippen molar-refractivity contribution in [3.05, 3.63) is 29.8 Å². The van der Waals surface area contributed by atoms with Gasteiger partial charge in [-0.05, 0) is 17.7 Å². The first-order valence-electron chi connectivity index (χ1n) is 5.30. The summed E-state index contributed by atoms with van der Waals surface area (Å²) in [6.07, 6.45) is -0.870. The second-order valence-electron chi connectivity index (χ2n) is 3.66. The number of anilines is 1. The number of nitrogens with zero attached hydrogens (tertiary/aromatic N) is 1. The van der Waals surface area contributed by atoms with Crippen molar-refractivity contribution in [2.75, 3.05) is 11.8 Å². The Labute approximate surface area is 115 Å². The van der Waals surface area contributed by atoms with Crippen LogP contribution < -0.4 is 15.2 Å². The molecular formula is C10H14N4O5S. The topological polar surface area (TPSA) is 143 Å². The molecule has 110 valence electrons. The van der Waals surface area contributed by atoms with Crippen molar-refractivity contribution in [1.82, 2.24) is 4.72 Å². The molecule has 0 saturated heterocycles. The molecule has 10 heteroatoms. The smallest absolute Gasteiger partial charge is 0.422 e. The number of rotatable bonds is 5. The number of methoxy groups -OCH3 is 1. The average molecular weight is 302 g/mol. The zero-order valence-electron chi connectivity index (χ0n) is 10.5. The van der Waals surface area contributed by atoms with Crippen LogP contribution >= 0.6 is 0 Å². The minimum Gasteiger partial charge on any atom is -0.452 e. The molecule has 0 radical (unpaired) electrons. The molecule has 0 heterocycles. The van der Waals surface area contributed by atoms with Crippen molar-refractivity contribution in [2.24, 2.45) is 10.9 Å². The minimum atomic E-state index is -4.05. The van der Waals surface area contributed by atoms with Gasteiger partial charge in [0.1, 0.15) is 5.84 Å². The predicted molar refractivity (Wildman–Crippen MR) is 71.6 cm³/mol. The quantitative estimate of drug-likeness (QED) is 0.261. The average Bonchev–Trinajstić information content (AvgIpc) is 2.39. The van der Waals surface area contributed by atoms with Gasteiger partial charge in [0.15, 0.2) is 0 Å². The fourth-order valence-electron chi connectivity index (χ4n) is 1.27. The first-order valence-corrected chi connectivity index (χ1v) is 6.78. The van der Waals surface area contributed by atoms with Crippen molar-refractivity contribution >= 4 is 27.8 Å². The third-order valence-electron chi connectivity index (χ3n) is 2.12. The lowest BCUT2D eigenvalue weighted by molar-refractivity contribution is 0.177. The number of oxime groups is 1. The molecule has 0 aromatic heterocycles. The number of carbonyl (C=O) groups is 1. The molecule has 0 atom stereocenters. The fourth-order valence-corrected chi connectivity index (χ4v) is 2.07. The van der Waals surface area contributed by atoms with E-state index in [1.165, 1.54) is 12.1 Å². The number of nitrogens with one attached hydrogen (secondary N) is 2. The lowest BCUT2D eigenvalue weighted by atomic mass is 10.1. The number of ether oxygens (including phenoxy) is 1. The van der Waals surface area contributed by atoms with E-state index in [9.17, 15) is 13.2 Å². The number of hydrogen-bond acceptors (Lipinski definition) is 6. The summed E-state index contributed by atoms with van der Waals surface area (Å²) in [4.78, 5) is 10.8. The summed E-state index contributed by atoms with van der Waals surface area (Å²) in [7, 11) is -3.00. The Bertz CT molecular complexity index is 597. The van der Waals surface area contributed by atoms with Crippen molar-refractivity contribution in [3.8, 4) is 0 Å². The van der Waals surface area contributed by atoms with Crippen LogP contribution in [0.1, 0.15) is 5.56 Å². The second kappa shape index (κ2) is 6.61. The van der Waals surface area contributed by atoms with E-state index in [0.29, 0.717) is 0 Å². The van der Waals surface area contributed by atoms with E-state index in [1.54, 1.807) is 16.9 Å². The molecule has 5 N–H and O–H groups in total. The number of hydrogen-bond donors (Lipinski definition) is 4. The van der Waals surface area contributed by atoms with Crippen LogP contribution in [0.2, 0.25) is 0 Å². The first kappa shape index (κ1) is 15.6. The molecule has 0 aliphatic heterocycles. The maximum atomic E-state index is 11.5. The van der Waals surface area contributed by atoms with E-state index >= 15 is 0 Å². The van der Waals surface area contributed by atoms with Gasteiger partial charge in [-0.1, -0.05) is 17.3 Å². The summed E-state index contributed by atoms with van der Waals surface area (Å²) in [5.74, 6) is 0.0330. The Morgan fingerprint density at radius 1 is 1.40 bits per heavy atom. The Morgan fingerprint density at radius 2 is 2.00 bits per heavy atom. The maximum absolute atomic E-state index is 11.5. The van der Waals surface area contributed by atoms with E-state index < -0.39 is 16.3 Å². The van der Waals surface area contributed by atoms with E-state index in [-0.39, 0.29) is 17.9 Å². The highest BCUT2D eigenvalue weighted by atomic mass is 32.2. The summed E-state index contributed by atoms with van der Waals surface area (Å²) in [6.45, 7) is 0. The largest absolute Gasteiger partial charge is 0.452 e. The Kier molecular flexibility index (Phi) is 5.15. The standard InChI is InChI=1S/C10H14N4O5S/c1-19-10(15)14-20(17,18)13-8-4-2-7(3-5-8)6-9(11)12-16/h2-5,13,16H,6H2,1H3,(H2,11,12)(H,14,15). The summed E-state index contributed by atoms with van der Waals surface area (Å²) in [5, 5.41) is 11.3. The number of nitrogens with two attached hydrogens (primary N) is 1. The van der Waals surface area contributed by atoms with Crippen LogP contribution in [0.25, 0.3) is 0 Å². The van der Waals surface area contributed by atoms with E-state index in [4.69, 9.17) is 10.9 Å². The summed E-state index contributed by atoms with van der Waals surface area (Å²) in [5.41, 5.74) is 6.31. The lowest BCUT2D eigenvalue weighted by Gasteiger charge is -2.09. The SMILES string of the molecule is COC(=O)NS(=O)(=O)Nc1ccc(C/C(N)=N/O)cc1. The molecule has 1 aromatic rings. The van der Waals surface area contributed by atoms with Crippen LogP contribution in [0.5, 0.6) is 0 Å².